The molecule has 1 fully saturated rings. The molecule has 0 radical (unpaired) electrons. The summed E-state index contributed by atoms with van der Waals surface area (Å²) in [6, 6.07) is 4.34. The van der Waals surface area contributed by atoms with Gasteiger partial charge >= 0.3 is 0 Å². The third-order valence-electron chi connectivity index (χ3n) is 5.08. The number of rotatable bonds is 4. The molecule has 20 heavy (non-hydrogen) atoms. The molecule has 6 heteroatoms. The Balaban J connectivity index is 2.11. The highest BCUT2D eigenvalue weighted by molar-refractivity contribution is 7.89. The Morgan fingerprint density at radius 3 is 2.25 bits per heavy atom. The third kappa shape index (κ3) is 2.43. The first-order valence-electron chi connectivity index (χ1n) is 6.55. The summed E-state index contributed by atoms with van der Waals surface area (Å²) in [5, 5.41) is 0.250. The Bertz CT molecular complexity index is 625. The van der Waals surface area contributed by atoms with Gasteiger partial charge in [-0.15, -0.1) is 0 Å². The Hall–Kier alpha value is -0.780. The van der Waals surface area contributed by atoms with Gasteiger partial charge in [-0.3, -0.25) is 0 Å². The monoisotopic (exact) mass is 316 g/mol. The van der Waals surface area contributed by atoms with Gasteiger partial charge < -0.3 is 5.73 Å². The van der Waals surface area contributed by atoms with Crippen LogP contribution in [0.25, 0.3) is 0 Å². The molecule has 1 aliphatic carbocycles. The van der Waals surface area contributed by atoms with Crippen LogP contribution in [0.5, 0.6) is 0 Å². The van der Waals surface area contributed by atoms with Crippen molar-refractivity contribution < 1.29 is 8.42 Å². The van der Waals surface area contributed by atoms with Crippen molar-refractivity contribution in [2.75, 3.05) is 12.3 Å². The Morgan fingerprint density at radius 2 is 1.80 bits per heavy atom. The molecule has 0 atom stereocenters. The standard InChI is InChI=1S/C14H21ClN2O2S/c1-13(2)12(14(13,3)4)8-17-20(18,19)9-5-6-11(16)10(15)7-9/h5-7,12,17H,8,16H2,1-4H3. The Labute approximate surface area is 125 Å². The number of benzene rings is 1. The van der Waals surface area contributed by atoms with Gasteiger partial charge in [-0.1, -0.05) is 39.3 Å². The van der Waals surface area contributed by atoms with Gasteiger partial charge in [0.15, 0.2) is 0 Å². The molecule has 0 aromatic heterocycles. The van der Waals surface area contributed by atoms with Crippen molar-refractivity contribution in [3.63, 3.8) is 0 Å². The van der Waals surface area contributed by atoms with E-state index in [4.69, 9.17) is 17.3 Å². The summed E-state index contributed by atoms with van der Waals surface area (Å²) in [7, 11) is -3.54. The summed E-state index contributed by atoms with van der Waals surface area (Å²) < 4.78 is 27.1. The maximum Gasteiger partial charge on any atom is 0.240 e. The zero-order valence-corrected chi connectivity index (χ0v) is 13.8. The molecule has 0 heterocycles. The molecule has 2 rings (SSSR count). The zero-order valence-electron chi connectivity index (χ0n) is 12.2. The van der Waals surface area contributed by atoms with Gasteiger partial charge in [0.05, 0.1) is 15.6 Å². The lowest BCUT2D eigenvalue weighted by Crippen LogP contribution is -2.27. The fraction of sp³-hybridized carbons (Fsp3) is 0.571. The van der Waals surface area contributed by atoms with Crippen LogP contribution in [0.4, 0.5) is 5.69 Å². The van der Waals surface area contributed by atoms with E-state index in [1.807, 2.05) is 0 Å². The van der Waals surface area contributed by atoms with Crippen LogP contribution in [0.2, 0.25) is 5.02 Å². The minimum Gasteiger partial charge on any atom is -0.398 e. The third-order valence-corrected chi connectivity index (χ3v) is 6.83. The van der Waals surface area contributed by atoms with E-state index in [0.29, 0.717) is 18.2 Å². The molecule has 1 aromatic carbocycles. The van der Waals surface area contributed by atoms with Gasteiger partial charge in [0, 0.05) is 6.54 Å². The van der Waals surface area contributed by atoms with E-state index in [0.717, 1.165) is 0 Å². The highest BCUT2D eigenvalue weighted by atomic mass is 35.5. The van der Waals surface area contributed by atoms with E-state index in [1.165, 1.54) is 18.2 Å². The van der Waals surface area contributed by atoms with Crippen molar-refractivity contribution in [3.05, 3.63) is 23.2 Å². The number of nitrogens with one attached hydrogen (secondary N) is 1. The van der Waals surface area contributed by atoms with Gasteiger partial charge in [-0.2, -0.15) is 0 Å². The van der Waals surface area contributed by atoms with Gasteiger partial charge in [-0.25, -0.2) is 13.1 Å². The molecule has 0 aliphatic heterocycles. The number of nitrogens with two attached hydrogens (primary N) is 1. The Kier molecular flexibility index (Phi) is 3.60. The lowest BCUT2D eigenvalue weighted by molar-refractivity contribution is 0.457. The summed E-state index contributed by atoms with van der Waals surface area (Å²) in [4.78, 5) is 0.146. The molecule has 0 spiro atoms. The van der Waals surface area contributed by atoms with Crippen molar-refractivity contribution in [2.24, 2.45) is 16.7 Å². The summed E-state index contributed by atoms with van der Waals surface area (Å²) in [6.07, 6.45) is 0. The largest absolute Gasteiger partial charge is 0.398 e. The molecule has 112 valence electrons. The van der Waals surface area contributed by atoms with Crippen LogP contribution >= 0.6 is 11.6 Å². The molecular weight excluding hydrogens is 296 g/mol. The zero-order chi connectivity index (χ0) is 15.3. The molecule has 0 bridgehead atoms. The van der Waals surface area contributed by atoms with Crippen LogP contribution in [0.3, 0.4) is 0 Å². The van der Waals surface area contributed by atoms with Crippen molar-refractivity contribution in [1.82, 2.24) is 4.72 Å². The highest BCUT2D eigenvalue weighted by Crippen LogP contribution is 2.67. The number of nitrogen functional groups attached to an aromatic ring is 1. The maximum absolute atomic E-state index is 12.2. The lowest BCUT2D eigenvalue weighted by Gasteiger charge is -2.09. The van der Waals surface area contributed by atoms with E-state index in [-0.39, 0.29) is 20.7 Å². The SMILES string of the molecule is CC1(C)C(CNS(=O)(=O)c2ccc(N)c(Cl)c2)C1(C)C. The molecule has 0 amide bonds. The smallest absolute Gasteiger partial charge is 0.240 e. The molecule has 0 saturated heterocycles. The average Bonchev–Trinajstić information content (AvgIpc) is 2.70. The van der Waals surface area contributed by atoms with Crippen LogP contribution in [0.15, 0.2) is 23.1 Å². The first kappa shape index (κ1) is 15.6. The fourth-order valence-electron chi connectivity index (χ4n) is 2.79. The summed E-state index contributed by atoms with van der Waals surface area (Å²) in [6.45, 7) is 9.07. The molecule has 1 saturated carbocycles. The maximum atomic E-state index is 12.2. The van der Waals surface area contributed by atoms with E-state index in [2.05, 4.69) is 32.4 Å². The predicted molar refractivity (Wildman–Crippen MR) is 82.1 cm³/mol. The van der Waals surface area contributed by atoms with Crippen LogP contribution in [-0.2, 0) is 10.0 Å². The van der Waals surface area contributed by atoms with E-state index >= 15 is 0 Å². The normalized spacial score (nSPS) is 20.9. The minimum atomic E-state index is -3.54. The first-order valence-corrected chi connectivity index (χ1v) is 8.41. The summed E-state index contributed by atoms with van der Waals surface area (Å²) in [5.41, 5.74) is 6.25. The number of halogens is 1. The highest BCUT2D eigenvalue weighted by Gasteiger charge is 2.64. The second-order valence-corrected chi connectivity index (χ2v) is 8.71. The summed E-state index contributed by atoms with van der Waals surface area (Å²) in [5.74, 6) is 0.328. The second-order valence-electron chi connectivity index (χ2n) is 6.53. The average molecular weight is 317 g/mol. The molecule has 3 N–H and O–H groups in total. The van der Waals surface area contributed by atoms with Crippen molar-refractivity contribution >= 4 is 27.3 Å². The molecular formula is C14H21ClN2O2S. The van der Waals surface area contributed by atoms with Gasteiger partial charge in [-0.05, 0) is 34.9 Å². The Morgan fingerprint density at radius 1 is 1.25 bits per heavy atom. The van der Waals surface area contributed by atoms with Gasteiger partial charge in [0.2, 0.25) is 10.0 Å². The molecule has 1 aliphatic rings. The second kappa shape index (κ2) is 4.61. The number of sulfonamides is 1. The fourth-order valence-corrected chi connectivity index (χ4v) is 4.11. The molecule has 1 aromatic rings. The molecule has 0 unspecified atom stereocenters. The number of hydrogen-bond donors (Lipinski definition) is 2. The predicted octanol–water partition coefficient (Wildman–Crippen LogP) is 2.88. The number of hydrogen-bond acceptors (Lipinski definition) is 3. The molecule has 4 nitrogen and oxygen atoms in total. The van der Waals surface area contributed by atoms with Gasteiger partial charge in [0.25, 0.3) is 0 Å². The first-order chi connectivity index (χ1) is 9.00. The van der Waals surface area contributed by atoms with Crippen molar-refractivity contribution in [3.8, 4) is 0 Å². The lowest BCUT2D eigenvalue weighted by atomic mass is 10.0. The van der Waals surface area contributed by atoms with E-state index in [9.17, 15) is 8.42 Å². The van der Waals surface area contributed by atoms with Crippen LogP contribution in [0.1, 0.15) is 27.7 Å². The quantitative estimate of drug-likeness (QED) is 0.839. The van der Waals surface area contributed by atoms with Crippen molar-refractivity contribution in [2.45, 2.75) is 32.6 Å². The van der Waals surface area contributed by atoms with Crippen LogP contribution < -0.4 is 10.5 Å². The van der Waals surface area contributed by atoms with Gasteiger partial charge in [0.1, 0.15) is 0 Å². The van der Waals surface area contributed by atoms with Crippen LogP contribution in [-0.4, -0.2) is 15.0 Å². The van der Waals surface area contributed by atoms with E-state index < -0.39 is 10.0 Å². The van der Waals surface area contributed by atoms with Crippen LogP contribution in [0, 0.1) is 16.7 Å². The van der Waals surface area contributed by atoms with Crippen molar-refractivity contribution in [1.29, 1.82) is 0 Å². The summed E-state index contributed by atoms with van der Waals surface area (Å²) >= 11 is 5.87. The van der Waals surface area contributed by atoms with E-state index in [1.54, 1.807) is 0 Å². The minimum absolute atomic E-state index is 0.146. The topological polar surface area (TPSA) is 72.2 Å². The number of anilines is 1.